The van der Waals surface area contributed by atoms with Crippen LogP contribution in [0.1, 0.15) is 90.9 Å². The molecule has 9 heteroatoms. The molecule has 1 aliphatic carbocycles. The second-order valence-corrected chi connectivity index (χ2v) is 10.8. The SMILES string of the molecule is CCCCCCCCN1C(=O)[C@H](CC(=O)N2CCN(C(=O)OCC)CC2)C[C@@]2(C(=O)OC)CCCCC=C12. The largest absolute Gasteiger partial charge is 0.468 e. The van der Waals surface area contributed by atoms with Gasteiger partial charge in [0.1, 0.15) is 5.41 Å². The molecule has 0 unspecified atom stereocenters. The number of piperazine rings is 1. The molecule has 2 fully saturated rings. The smallest absolute Gasteiger partial charge is 0.409 e. The van der Waals surface area contributed by atoms with Crippen LogP contribution >= 0.6 is 0 Å². The predicted octanol–water partition coefficient (Wildman–Crippen LogP) is 4.50. The number of hydrogen-bond donors (Lipinski definition) is 0. The van der Waals surface area contributed by atoms with Crippen LogP contribution in [0.3, 0.4) is 0 Å². The lowest BCUT2D eigenvalue weighted by Crippen LogP contribution is -2.55. The standard InChI is InChI=1S/C29H47N3O6/c1-4-6-7-8-9-13-16-32-24-14-11-10-12-15-29(24,27(35)37-3)22-23(26(32)34)21-25(33)30-17-19-31(20-18-30)28(36)38-5-2/h14,23H,4-13,15-22H2,1-3H3/t23-,29+/m1/s1. The number of ether oxygens (including phenoxy) is 2. The number of unbranched alkanes of at least 4 members (excludes halogenated alkanes) is 5. The Balaban J connectivity index is 1.73. The van der Waals surface area contributed by atoms with Gasteiger partial charge in [0.05, 0.1) is 13.7 Å². The van der Waals surface area contributed by atoms with Gasteiger partial charge in [0.15, 0.2) is 0 Å². The Labute approximate surface area is 227 Å². The summed E-state index contributed by atoms with van der Waals surface area (Å²) in [6.45, 7) is 6.48. The molecule has 2 atom stereocenters. The average molecular weight is 534 g/mol. The summed E-state index contributed by atoms with van der Waals surface area (Å²) in [6, 6.07) is 0. The third-order valence-electron chi connectivity index (χ3n) is 8.28. The molecule has 2 aliphatic heterocycles. The van der Waals surface area contributed by atoms with Crippen LogP contribution in [-0.2, 0) is 23.9 Å². The highest BCUT2D eigenvalue weighted by Crippen LogP contribution is 2.49. The van der Waals surface area contributed by atoms with Gasteiger partial charge in [-0.2, -0.15) is 0 Å². The lowest BCUT2D eigenvalue weighted by atomic mass is 9.69. The molecule has 3 rings (SSSR count). The minimum atomic E-state index is -0.880. The third kappa shape index (κ3) is 7.08. The molecule has 3 aliphatic rings. The fraction of sp³-hybridized carbons (Fsp3) is 0.793. The summed E-state index contributed by atoms with van der Waals surface area (Å²) in [5.74, 6) is -1.02. The van der Waals surface area contributed by atoms with E-state index in [4.69, 9.17) is 9.47 Å². The van der Waals surface area contributed by atoms with Crippen LogP contribution in [0.2, 0.25) is 0 Å². The van der Waals surface area contributed by atoms with Crippen molar-refractivity contribution >= 4 is 23.9 Å². The normalized spacial score (nSPS) is 23.9. The summed E-state index contributed by atoms with van der Waals surface area (Å²) >= 11 is 0. The van der Waals surface area contributed by atoms with Gasteiger partial charge in [0, 0.05) is 50.8 Å². The maximum absolute atomic E-state index is 13.8. The van der Waals surface area contributed by atoms with E-state index in [0.29, 0.717) is 52.2 Å². The zero-order valence-electron chi connectivity index (χ0n) is 23.7. The van der Waals surface area contributed by atoms with Gasteiger partial charge in [-0.1, -0.05) is 51.5 Å². The van der Waals surface area contributed by atoms with Gasteiger partial charge in [0.2, 0.25) is 11.8 Å². The number of methoxy groups -OCH3 is 1. The maximum atomic E-state index is 13.8. The number of piperidine rings is 1. The molecule has 0 aromatic carbocycles. The quantitative estimate of drug-likeness (QED) is 0.287. The van der Waals surface area contributed by atoms with Gasteiger partial charge in [-0.25, -0.2) is 4.79 Å². The summed E-state index contributed by atoms with van der Waals surface area (Å²) in [6.07, 6.45) is 12.1. The molecule has 2 heterocycles. The van der Waals surface area contributed by atoms with Gasteiger partial charge in [-0.05, 0) is 39.0 Å². The van der Waals surface area contributed by atoms with Gasteiger partial charge < -0.3 is 24.2 Å². The Hall–Kier alpha value is -2.58. The van der Waals surface area contributed by atoms with Crippen LogP contribution in [0.5, 0.6) is 0 Å². The van der Waals surface area contributed by atoms with Crippen molar-refractivity contribution < 1.29 is 28.7 Å². The van der Waals surface area contributed by atoms with Gasteiger partial charge in [-0.3, -0.25) is 14.4 Å². The van der Waals surface area contributed by atoms with Crippen LogP contribution in [0.4, 0.5) is 4.79 Å². The molecule has 0 saturated carbocycles. The topological polar surface area (TPSA) is 96.5 Å². The first-order chi connectivity index (χ1) is 18.4. The van der Waals surface area contributed by atoms with Gasteiger partial charge >= 0.3 is 12.1 Å². The third-order valence-corrected chi connectivity index (χ3v) is 8.28. The molecule has 0 aromatic rings. The molecule has 0 spiro atoms. The average Bonchev–Trinajstić information content (AvgIpc) is 3.15. The van der Waals surface area contributed by atoms with Crippen molar-refractivity contribution in [2.75, 3.05) is 46.4 Å². The molecule has 0 N–H and O–H groups in total. The van der Waals surface area contributed by atoms with E-state index in [9.17, 15) is 19.2 Å². The van der Waals surface area contributed by atoms with E-state index in [0.717, 1.165) is 44.2 Å². The van der Waals surface area contributed by atoms with Gasteiger partial charge in [-0.15, -0.1) is 0 Å². The Kier molecular flexibility index (Phi) is 11.5. The van der Waals surface area contributed by atoms with Crippen LogP contribution in [0, 0.1) is 11.3 Å². The molecule has 0 bridgehead atoms. The van der Waals surface area contributed by atoms with Crippen molar-refractivity contribution in [3.63, 3.8) is 0 Å². The summed E-state index contributed by atoms with van der Waals surface area (Å²) in [7, 11) is 1.41. The first-order valence-corrected chi connectivity index (χ1v) is 14.7. The van der Waals surface area contributed by atoms with Crippen molar-refractivity contribution in [2.24, 2.45) is 11.3 Å². The first-order valence-electron chi connectivity index (χ1n) is 14.7. The van der Waals surface area contributed by atoms with Gasteiger partial charge in [0.25, 0.3) is 0 Å². The van der Waals surface area contributed by atoms with Crippen molar-refractivity contribution in [3.05, 3.63) is 11.8 Å². The second kappa shape index (κ2) is 14.5. The zero-order valence-corrected chi connectivity index (χ0v) is 23.7. The predicted molar refractivity (Wildman–Crippen MR) is 144 cm³/mol. The Bertz CT molecular complexity index is 866. The number of amides is 3. The summed E-state index contributed by atoms with van der Waals surface area (Å²) in [4.78, 5) is 57.7. The van der Waals surface area contributed by atoms with Crippen LogP contribution in [0.15, 0.2) is 11.8 Å². The number of rotatable bonds is 11. The minimum absolute atomic E-state index is 0.0512. The number of esters is 1. The van der Waals surface area contributed by atoms with E-state index >= 15 is 0 Å². The molecular weight excluding hydrogens is 486 g/mol. The van der Waals surface area contributed by atoms with E-state index in [2.05, 4.69) is 13.0 Å². The Morgan fingerprint density at radius 1 is 0.974 bits per heavy atom. The fourth-order valence-corrected chi connectivity index (χ4v) is 6.17. The van der Waals surface area contributed by atoms with E-state index in [1.807, 2.05) is 4.90 Å². The molecule has 9 nitrogen and oxygen atoms in total. The minimum Gasteiger partial charge on any atom is -0.468 e. The molecule has 0 radical (unpaired) electrons. The molecule has 0 aromatic heterocycles. The number of nitrogens with zero attached hydrogens (tertiary/aromatic N) is 3. The summed E-state index contributed by atoms with van der Waals surface area (Å²) < 4.78 is 10.4. The number of carbonyl (C=O) groups is 4. The molecule has 2 saturated heterocycles. The summed E-state index contributed by atoms with van der Waals surface area (Å²) in [5.41, 5.74) is -0.0817. The molecule has 214 valence electrons. The zero-order chi connectivity index (χ0) is 27.5. The van der Waals surface area contributed by atoms with Crippen LogP contribution < -0.4 is 0 Å². The second-order valence-electron chi connectivity index (χ2n) is 10.8. The molecule has 38 heavy (non-hydrogen) atoms. The Morgan fingerprint density at radius 2 is 1.66 bits per heavy atom. The maximum Gasteiger partial charge on any atom is 0.409 e. The van der Waals surface area contributed by atoms with E-state index in [1.54, 1.807) is 16.7 Å². The highest BCUT2D eigenvalue weighted by molar-refractivity contribution is 5.92. The van der Waals surface area contributed by atoms with Crippen LogP contribution in [0.25, 0.3) is 0 Å². The lowest BCUT2D eigenvalue weighted by molar-refractivity contribution is -0.160. The van der Waals surface area contributed by atoms with Crippen molar-refractivity contribution in [3.8, 4) is 0 Å². The van der Waals surface area contributed by atoms with Crippen LogP contribution in [-0.4, -0.2) is 85.0 Å². The fourth-order valence-electron chi connectivity index (χ4n) is 6.17. The first kappa shape index (κ1) is 30.0. The van der Waals surface area contributed by atoms with Crippen molar-refractivity contribution in [2.45, 2.75) is 90.9 Å². The number of fused-ring (bicyclic) bond motifs is 1. The summed E-state index contributed by atoms with van der Waals surface area (Å²) in [5, 5.41) is 0. The van der Waals surface area contributed by atoms with E-state index in [1.165, 1.54) is 26.4 Å². The lowest BCUT2D eigenvalue weighted by Gasteiger charge is -2.46. The number of allylic oxidation sites excluding steroid dienone is 1. The highest BCUT2D eigenvalue weighted by atomic mass is 16.6. The number of hydrogen-bond acceptors (Lipinski definition) is 6. The Morgan fingerprint density at radius 3 is 2.34 bits per heavy atom. The monoisotopic (exact) mass is 533 g/mol. The van der Waals surface area contributed by atoms with E-state index in [-0.39, 0.29) is 30.3 Å². The van der Waals surface area contributed by atoms with E-state index < -0.39 is 11.3 Å². The van der Waals surface area contributed by atoms with Crippen molar-refractivity contribution in [1.82, 2.24) is 14.7 Å². The molecule has 3 amide bonds. The number of likely N-dealkylation sites (tertiary alicyclic amines) is 1. The number of carbonyl (C=O) groups excluding carboxylic acids is 4. The van der Waals surface area contributed by atoms with Crippen molar-refractivity contribution in [1.29, 1.82) is 0 Å². The molecular formula is C29H47N3O6. The highest BCUT2D eigenvalue weighted by Gasteiger charge is 2.53.